The number of ether oxygens (including phenoxy) is 1. The SMILES string of the molecule is COc1cc(N2C3CCC2C(C(=O)O)C3)ncn1. The van der Waals surface area contributed by atoms with E-state index in [1.165, 1.54) is 6.33 Å². The molecule has 0 amide bonds. The highest BCUT2D eigenvalue weighted by atomic mass is 16.5. The fourth-order valence-corrected chi connectivity index (χ4v) is 3.19. The van der Waals surface area contributed by atoms with Gasteiger partial charge in [-0.1, -0.05) is 0 Å². The Hall–Kier alpha value is -1.85. The number of aliphatic carboxylic acids is 1. The molecule has 6 nitrogen and oxygen atoms in total. The summed E-state index contributed by atoms with van der Waals surface area (Å²) in [5.74, 6) is 0.314. The largest absolute Gasteiger partial charge is 0.481 e. The van der Waals surface area contributed by atoms with Crippen LogP contribution in [0.3, 0.4) is 0 Å². The molecule has 3 heterocycles. The first-order valence-corrected chi connectivity index (χ1v) is 6.08. The Labute approximate surface area is 105 Å². The second-order valence-electron chi connectivity index (χ2n) is 4.80. The molecule has 2 aliphatic heterocycles. The van der Waals surface area contributed by atoms with Gasteiger partial charge in [0, 0.05) is 18.2 Å². The standard InChI is InChI=1S/C12H15N3O3/c1-18-11-5-10(13-6-14-11)15-7-2-3-9(15)8(4-7)12(16)17/h5-9H,2-4H2,1H3,(H,16,17). The van der Waals surface area contributed by atoms with Crippen LogP contribution in [0.5, 0.6) is 5.88 Å². The number of carboxylic acids is 1. The van der Waals surface area contributed by atoms with Crippen LogP contribution in [-0.4, -0.2) is 40.2 Å². The Morgan fingerprint density at radius 1 is 1.50 bits per heavy atom. The molecule has 2 saturated heterocycles. The van der Waals surface area contributed by atoms with Gasteiger partial charge in [0.15, 0.2) is 0 Å². The van der Waals surface area contributed by atoms with Gasteiger partial charge in [0.05, 0.1) is 13.0 Å². The van der Waals surface area contributed by atoms with Crippen LogP contribution in [-0.2, 0) is 4.79 Å². The van der Waals surface area contributed by atoms with Crippen LogP contribution >= 0.6 is 0 Å². The number of aromatic nitrogens is 2. The molecular weight excluding hydrogens is 234 g/mol. The van der Waals surface area contributed by atoms with Crippen LogP contribution in [0.2, 0.25) is 0 Å². The van der Waals surface area contributed by atoms with Crippen LogP contribution in [0.25, 0.3) is 0 Å². The molecule has 2 bridgehead atoms. The summed E-state index contributed by atoms with van der Waals surface area (Å²) in [6.07, 6.45) is 4.14. The molecule has 0 radical (unpaired) electrons. The summed E-state index contributed by atoms with van der Waals surface area (Å²) in [5.41, 5.74) is 0. The molecule has 1 aromatic heterocycles. The normalized spacial score (nSPS) is 29.6. The van der Waals surface area contributed by atoms with Crippen molar-refractivity contribution in [1.82, 2.24) is 9.97 Å². The molecule has 18 heavy (non-hydrogen) atoms. The molecule has 96 valence electrons. The Morgan fingerprint density at radius 3 is 3.00 bits per heavy atom. The minimum atomic E-state index is -0.701. The molecular formula is C12H15N3O3. The number of hydrogen-bond acceptors (Lipinski definition) is 5. The zero-order valence-corrected chi connectivity index (χ0v) is 10.1. The number of nitrogens with zero attached hydrogens (tertiary/aromatic N) is 3. The lowest BCUT2D eigenvalue weighted by Crippen LogP contribution is -2.33. The van der Waals surface area contributed by atoms with Crippen molar-refractivity contribution in [3.05, 3.63) is 12.4 Å². The van der Waals surface area contributed by atoms with Crippen molar-refractivity contribution in [2.75, 3.05) is 12.0 Å². The van der Waals surface area contributed by atoms with E-state index >= 15 is 0 Å². The van der Waals surface area contributed by atoms with Crippen molar-refractivity contribution in [2.24, 2.45) is 5.92 Å². The van der Waals surface area contributed by atoms with Gasteiger partial charge in [-0.15, -0.1) is 0 Å². The van der Waals surface area contributed by atoms with Crippen molar-refractivity contribution in [2.45, 2.75) is 31.3 Å². The summed E-state index contributed by atoms with van der Waals surface area (Å²) >= 11 is 0. The van der Waals surface area contributed by atoms with E-state index in [2.05, 4.69) is 14.9 Å². The summed E-state index contributed by atoms with van der Waals surface area (Å²) in [5, 5.41) is 9.22. The van der Waals surface area contributed by atoms with Crippen molar-refractivity contribution in [3.8, 4) is 5.88 Å². The number of methoxy groups -OCH3 is 1. The van der Waals surface area contributed by atoms with Crippen molar-refractivity contribution >= 4 is 11.8 Å². The van der Waals surface area contributed by atoms with Gasteiger partial charge in [-0.25, -0.2) is 9.97 Å². The first-order valence-electron chi connectivity index (χ1n) is 6.08. The van der Waals surface area contributed by atoms with Crippen molar-refractivity contribution < 1.29 is 14.6 Å². The fourth-order valence-electron chi connectivity index (χ4n) is 3.19. The number of anilines is 1. The maximum Gasteiger partial charge on any atom is 0.308 e. The third-order valence-electron chi connectivity index (χ3n) is 3.96. The van der Waals surface area contributed by atoms with Gasteiger partial charge in [0.25, 0.3) is 0 Å². The number of rotatable bonds is 3. The number of fused-ring (bicyclic) bond motifs is 2. The third kappa shape index (κ3) is 1.60. The topological polar surface area (TPSA) is 75.5 Å². The summed E-state index contributed by atoms with van der Waals surface area (Å²) < 4.78 is 5.09. The van der Waals surface area contributed by atoms with Crippen LogP contribution in [0.4, 0.5) is 5.82 Å². The molecule has 1 aromatic rings. The lowest BCUT2D eigenvalue weighted by Gasteiger charge is -2.24. The molecule has 0 spiro atoms. The summed E-state index contributed by atoms with van der Waals surface area (Å²) in [6, 6.07) is 2.12. The average Bonchev–Trinajstić information content (AvgIpc) is 2.96. The fraction of sp³-hybridized carbons (Fsp3) is 0.583. The van der Waals surface area contributed by atoms with E-state index < -0.39 is 5.97 Å². The molecule has 2 fully saturated rings. The number of carbonyl (C=O) groups is 1. The first kappa shape index (κ1) is 11.3. The van der Waals surface area contributed by atoms with E-state index in [0.29, 0.717) is 12.3 Å². The van der Waals surface area contributed by atoms with Crippen molar-refractivity contribution in [3.63, 3.8) is 0 Å². The summed E-state index contributed by atoms with van der Waals surface area (Å²) in [6.45, 7) is 0. The Morgan fingerprint density at radius 2 is 2.33 bits per heavy atom. The first-order chi connectivity index (χ1) is 8.70. The molecule has 0 saturated carbocycles. The van der Waals surface area contributed by atoms with E-state index in [1.807, 2.05) is 0 Å². The van der Waals surface area contributed by atoms with Crippen molar-refractivity contribution in [1.29, 1.82) is 0 Å². The molecule has 3 atom stereocenters. The maximum atomic E-state index is 11.2. The van der Waals surface area contributed by atoms with Gasteiger partial charge in [-0.2, -0.15) is 0 Å². The molecule has 6 heteroatoms. The highest BCUT2D eigenvalue weighted by molar-refractivity contribution is 5.73. The summed E-state index contributed by atoms with van der Waals surface area (Å²) in [4.78, 5) is 21.6. The summed E-state index contributed by atoms with van der Waals surface area (Å²) in [7, 11) is 1.56. The van der Waals surface area contributed by atoms with Crippen LogP contribution in [0.1, 0.15) is 19.3 Å². The smallest absolute Gasteiger partial charge is 0.308 e. The number of carboxylic acid groups (broad SMARTS) is 1. The van der Waals surface area contributed by atoms with E-state index in [1.54, 1.807) is 13.2 Å². The average molecular weight is 249 g/mol. The minimum absolute atomic E-state index is 0.0621. The van der Waals surface area contributed by atoms with Gasteiger partial charge in [0.1, 0.15) is 12.1 Å². The molecule has 0 aromatic carbocycles. The highest BCUT2D eigenvalue weighted by Gasteiger charge is 2.49. The second-order valence-corrected chi connectivity index (χ2v) is 4.80. The molecule has 3 rings (SSSR count). The van der Waals surface area contributed by atoms with Gasteiger partial charge in [0.2, 0.25) is 5.88 Å². The Bertz CT molecular complexity index is 479. The second kappa shape index (κ2) is 4.12. The predicted molar refractivity (Wildman–Crippen MR) is 63.6 cm³/mol. The van der Waals surface area contributed by atoms with E-state index in [4.69, 9.17) is 4.74 Å². The molecule has 2 aliphatic rings. The molecule has 3 unspecified atom stereocenters. The van der Waals surface area contributed by atoms with Crippen LogP contribution in [0, 0.1) is 5.92 Å². The van der Waals surface area contributed by atoms with Gasteiger partial charge in [-0.3, -0.25) is 4.79 Å². The number of hydrogen-bond donors (Lipinski definition) is 1. The van der Waals surface area contributed by atoms with Crippen LogP contribution in [0.15, 0.2) is 12.4 Å². The van der Waals surface area contributed by atoms with E-state index in [-0.39, 0.29) is 18.0 Å². The molecule has 1 N–H and O–H groups in total. The zero-order valence-electron chi connectivity index (χ0n) is 10.1. The van der Waals surface area contributed by atoms with Gasteiger partial charge >= 0.3 is 5.97 Å². The van der Waals surface area contributed by atoms with E-state index in [0.717, 1.165) is 18.7 Å². The zero-order chi connectivity index (χ0) is 12.7. The van der Waals surface area contributed by atoms with Gasteiger partial charge in [-0.05, 0) is 19.3 Å². The Balaban J connectivity index is 1.91. The van der Waals surface area contributed by atoms with E-state index in [9.17, 15) is 9.90 Å². The molecule has 0 aliphatic carbocycles. The lowest BCUT2D eigenvalue weighted by molar-refractivity contribution is -0.142. The lowest BCUT2D eigenvalue weighted by atomic mass is 9.89. The van der Waals surface area contributed by atoms with Crippen LogP contribution < -0.4 is 9.64 Å². The minimum Gasteiger partial charge on any atom is -0.481 e. The third-order valence-corrected chi connectivity index (χ3v) is 3.96. The maximum absolute atomic E-state index is 11.2. The monoisotopic (exact) mass is 249 g/mol. The highest BCUT2D eigenvalue weighted by Crippen LogP contribution is 2.44. The Kier molecular flexibility index (Phi) is 2.57. The predicted octanol–water partition coefficient (Wildman–Crippen LogP) is 0.927. The quantitative estimate of drug-likeness (QED) is 0.858. The van der Waals surface area contributed by atoms with Gasteiger partial charge < -0.3 is 14.7 Å².